The Balaban J connectivity index is -0.000000262. The van der Waals surface area contributed by atoms with Gasteiger partial charge in [0.05, 0.1) is 0 Å². The van der Waals surface area contributed by atoms with Gasteiger partial charge in [0, 0.05) is 38.7 Å². The Morgan fingerprint density at radius 3 is 0.581 bits per heavy atom. The molecule has 0 heterocycles. The normalized spacial score (nSPS) is 10.1. The zero-order valence-electron chi connectivity index (χ0n) is 28.6. The van der Waals surface area contributed by atoms with Crippen molar-refractivity contribution < 1.29 is 49.2 Å². The van der Waals surface area contributed by atoms with Gasteiger partial charge in [0.2, 0.25) is 0 Å². The summed E-state index contributed by atoms with van der Waals surface area (Å²) in [6.07, 6.45) is 34.4. The second-order valence-electron chi connectivity index (χ2n) is 11.9. The summed E-state index contributed by atoms with van der Waals surface area (Å²) >= 11 is 0. The van der Waals surface area contributed by atoms with Crippen molar-refractivity contribution in [1.82, 2.24) is 0 Å². The average molecular weight is 702 g/mol. The number of rotatable bonds is 30. The van der Waals surface area contributed by atoms with Crippen LogP contribution >= 0.6 is 0 Å². The first-order chi connectivity index (χ1) is 20.3. The number of carboxylic acids is 3. The Morgan fingerprint density at radius 2 is 0.442 bits per heavy atom. The van der Waals surface area contributed by atoms with Crippen molar-refractivity contribution >= 4 is 17.9 Å². The van der Waals surface area contributed by atoms with Crippen LogP contribution in [-0.2, 0) is 33.9 Å². The van der Waals surface area contributed by atoms with Crippen LogP contribution in [0.25, 0.3) is 0 Å². The van der Waals surface area contributed by atoms with Crippen LogP contribution in [0.15, 0.2) is 0 Å². The maximum absolute atomic E-state index is 10.2. The minimum atomic E-state index is -0.659. The van der Waals surface area contributed by atoms with Gasteiger partial charge in [0.1, 0.15) is 0 Å². The molecule has 0 bridgehead atoms. The van der Waals surface area contributed by atoms with Crippen LogP contribution in [0.4, 0.5) is 0 Å². The third-order valence-electron chi connectivity index (χ3n) is 7.48. The Labute approximate surface area is 279 Å². The minimum Gasteiger partial charge on any atom is -0.481 e. The van der Waals surface area contributed by atoms with Crippen LogP contribution in [0.1, 0.15) is 213 Å². The molecule has 0 atom stereocenters. The predicted octanol–water partition coefficient (Wildman–Crippen LogP) is 12.0. The van der Waals surface area contributed by atoms with Crippen LogP contribution in [0.3, 0.4) is 0 Å². The molecule has 0 saturated heterocycles. The minimum absolute atomic E-state index is 0. The molecule has 0 aromatic heterocycles. The number of unbranched alkanes of at least 4 members (excludes halogenated alkanes) is 24. The summed E-state index contributed by atoms with van der Waals surface area (Å²) in [5, 5.41) is 25.2. The Hall–Kier alpha value is -0.967. The van der Waals surface area contributed by atoms with Crippen molar-refractivity contribution in [3.63, 3.8) is 0 Å². The first-order valence-corrected chi connectivity index (χ1v) is 18.0. The molecule has 0 fully saturated rings. The molecule has 7 heteroatoms. The molecule has 0 aliphatic carbocycles. The van der Waals surface area contributed by atoms with Crippen LogP contribution in [0.2, 0.25) is 0 Å². The zero-order valence-corrected chi connectivity index (χ0v) is 30.4. The van der Waals surface area contributed by atoms with Gasteiger partial charge in [-0.3, -0.25) is 14.4 Å². The molecular weight excluding hydrogens is 629 g/mol. The number of carbonyl (C=O) groups is 3. The summed E-state index contributed by atoms with van der Waals surface area (Å²) in [6, 6.07) is 0. The molecule has 6 nitrogen and oxygen atoms in total. The summed E-state index contributed by atoms with van der Waals surface area (Å²) in [6.45, 7) is 6.68. The topological polar surface area (TPSA) is 112 Å². The smallest absolute Gasteiger partial charge is 0.303 e. The Kier molecular flexibility index (Phi) is 51.7. The molecule has 0 amide bonds. The van der Waals surface area contributed by atoms with Crippen molar-refractivity contribution in [2.45, 2.75) is 213 Å². The maximum atomic E-state index is 10.2. The molecule has 0 saturated carbocycles. The quantitative estimate of drug-likeness (QED) is 0.0507. The van der Waals surface area contributed by atoms with Gasteiger partial charge in [-0.1, -0.05) is 175 Å². The molecule has 0 aliphatic rings. The summed E-state index contributed by atoms with van der Waals surface area (Å²) < 4.78 is 0. The van der Waals surface area contributed by atoms with E-state index in [0.29, 0.717) is 19.3 Å². The van der Waals surface area contributed by atoms with E-state index in [1.54, 1.807) is 0 Å². The van der Waals surface area contributed by atoms with Gasteiger partial charge < -0.3 is 15.3 Å². The molecule has 0 radical (unpaired) electrons. The van der Waals surface area contributed by atoms with E-state index in [1.165, 1.54) is 135 Å². The van der Waals surface area contributed by atoms with Gasteiger partial charge in [-0.2, -0.15) is 0 Å². The van der Waals surface area contributed by atoms with Crippen molar-refractivity contribution in [1.29, 1.82) is 0 Å². The number of carboxylic acid groups (broad SMARTS) is 3. The van der Waals surface area contributed by atoms with Crippen molar-refractivity contribution in [2.75, 3.05) is 0 Å². The second-order valence-corrected chi connectivity index (χ2v) is 11.9. The van der Waals surface area contributed by atoms with Gasteiger partial charge in [-0.25, -0.2) is 0 Å². The average Bonchev–Trinajstić information content (AvgIpc) is 2.95. The fraction of sp³-hybridized carbons (Fsp3) is 0.917. The van der Waals surface area contributed by atoms with Crippen LogP contribution in [-0.4, -0.2) is 33.2 Å². The van der Waals surface area contributed by atoms with Crippen molar-refractivity contribution in [2.24, 2.45) is 0 Å². The molecule has 0 aromatic rings. The van der Waals surface area contributed by atoms with Crippen LogP contribution < -0.4 is 0 Å². The molecular formula is C36H72O6Ru. The van der Waals surface area contributed by atoms with E-state index >= 15 is 0 Å². The molecule has 0 aromatic carbocycles. The van der Waals surface area contributed by atoms with Gasteiger partial charge in [0.25, 0.3) is 0 Å². The fourth-order valence-electron chi connectivity index (χ4n) is 4.76. The number of hydrogen-bond acceptors (Lipinski definition) is 3. The first kappa shape index (κ1) is 48.9. The summed E-state index contributed by atoms with van der Waals surface area (Å²) in [4.78, 5) is 30.6. The zero-order chi connectivity index (χ0) is 31.9. The molecule has 0 aliphatic heterocycles. The van der Waals surface area contributed by atoms with Crippen LogP contribution in [0, 0.1) is 0 Å². The predicted molar refractivity (Wildman–Crippen MR) is 178 cm³/mol. The third kappa shape index (κ3) is 60.9. The Bertz CT molecular complexity index is 480. The standard InChI is InChI=1S/3C12H24O2.Ru/c3*1-2-3-4-5-6-7-8-9-10-11-12(13)14;/h3*2-11H2,1H3,(H,13,14);. The molecule has 0 rings (SSSR count). The van der Waals surface area contributed by atoms with Gasteiger partial charge >= 0.3 is 17.9 Å². The summed E-state index contributed by atoms with van der Waals surface area (Å²) in [7, 11) is 0. The number of aliphatic carboxylic acids is 3. The van der Waals surface area contributed by atoms with E-state index in [1.807, 2.05) is 0 Å². The third-order valence-corrected chi connectivity index (χ3v) is 7.48. The van der Waals surface area contributed by atoms with E-state index in [9.17, 15) is 14.4 Å². The maximum Gasteiger partial charge on any atom is 0.303 e. The molecule has 0 unspecified atom stereocenters. The van der Waals surface area contributed by atoms with Crippen molar-refractivity contribution in [3.8, 4) is 0 Å². The molecule has 3 N–H and O–H groups in total. The van der Waals surface area contributed by atoms with E-state index in [-0.39, 0.29) is 19.5 Å². The molecule has 0 spiro atoms. The molecule has 260 valence electrons. The summed E-state index contributed by atoms with van der Waals surface area (Å²) in [5.74, 6) is -1.98. The van der Waals surface area contributed by atoms with Crippen LogP contribution in [0.5, 0.6) is 0 Å². The SMILES string of the molecule is CCCCCCCCCCCC(=O)O.CCCCCCCCCCCC(=O)O.CCCCCCCCCCCC(=O)O.[Ru]. The first-order valence-electron chi connectivity index (χ1n) is 18.0. The van der Waals surface area contributed by atoms with Gasteiger partial charge in [-0.05, 0) is 19.3 Å². The van der Waals surface area contributed by atoms with Gasteiger partial charge in [-0.15, -0.1) is 0 Å². The number of hydrogen-bond donors (Lipinski definition) is 3. The van der Waals surface area contributed by atoms with E-state index in [2.05, 4.69) is 20.8 Å². The van der Waals surface area contributed by atoms with Gasteiger partial charge in [0.15, 0.2) is 0 Å². The largest absolute Gasteiger partial charge is 0.481 e. The van der Waals surface area contributed by atoms with E-state index in [4.69, 9.17) is 15.3 Å². The fourth-order valence-corrected chi connectivity index (χ4v) is 4.76. The van der Waals surface area contributed by atoms with E-state index in [0.717, 1.165) is 38.5 Å². The monoisotopic (exact) mass is 702 g/mol. The summed E-state index contributed by atoms with van der Waals surface area (Å²) in [5.41, 5.74) is 0. The van der Waals surface area contributed by atoms with E-state index < -0.39 is 17.9 Å². The van der Waals surface area contributed by atoms with Crippen molar-refractivity contribution in [3.05, 3.63) is 0 Å². The Morgan fingerprint density at radius 1 is 0.302 bits per heavy atom. The second kappa shape index (κ2) is 45.5. The molecule has 43 heavy (non-hydrogen) atoms.